The van der Waals surface area contributed by atoms with Crippen molar-refractivity contribution >= 4 is 5.97 Å². The molecular formula is C26H22F3N3O3. The molecule has 180 valence electrons. The molecule has 9 heteroatoms. The van der Waals surface area contributed by atoms with Gasteiger partial charge in [0.15, 0.2) is 0 Å². The molecule has 0 aliphatic heterocycles. The first-order valence-electron chi connectivity index (χ1n) is 10.8. The molecule has 0 radical (unpaired) electrons. The van der Waals surface area contributed by atoms with E-state index >= 15 is 0 Å². The zero-order chi connectivity index (χ0) is 25.0. The van der Waals surface area contributed by atoms with Crippen LogP contribution in [-0.4, -0.2) is 27.8 Å². The minimum Gasteiger partial charge on any atom is -0.481 e. The van der Waals surface area contributed by atoms with E-state index in [9.17, 15) is 18.0 Å². The van der Waals surface area contributed by atoms with Crippen molar-refractivity contribution in [2.24, 2.45) is 0 Å². The Morgan fingerprint density at radius 2 is 1.63 bits per heavy atom. The Kier molecular flexibility index (Phi) is 6.97. The van der Waals surface area contributed by atoms with Gasteiger partial charge in [0.2, 0.25) is 5.82 Å². The van der Waals surface area contributed by atoms with Gasteiger partial charge in [0.05, 0.1) is 12.0 Å². The maximum Gasteiger partial charge on any atom is 0.416 e. The molecule has 3 aromatic carbocycles. The summed E-state index contributed by atoms with van der Waals surface area (Å²) in [5, 5.41) is 15.8. The van der Waals surface area contributed by atoms with E-state index in [4.69, 9.17) is 9.63 Å². The minimum atomic E-state index is -4.37. The van der Waals surface area contributed by atoms with Crippen molar-refractivity contribution in [3.63, 3.8) is 0 Å². The summed E-state index contributed by atoms with van der Waals surface area (Å²) in [6, 6.07) is 18.1. The second-order valence-corrected chi connectivity index (χ2v) is 8.05. The van der Waals surface area contributed by atoms with Crippen LogP contribution in [0, 0.1) is 6.92 Å². The van der Waals surface area contributed by atoms with Crippen LogP contribution in [0.3, 0.4) is 0 Å². The summed E-state index contributed by atoms with van der Waals surface area (Å²) in [7, 11) is 0. The van der Waals surface area contributed by atoms with Crippen molar-refractivity contribution in [3.8, 4) is 34.0 Å². The number of carboxylic acid groups (broad SMARTS) is 1. The van der Waals surface area contributed by atoms with Crippen LogP contribution in [0.5, 0.6) is 0 Å². The number of carbonyl (C=O) groups is 1. The number of alkyl halides is 3. The van der Waals surface area contributed by atoms with E-state index in [1.165, 1.54) is 12.1 Å². The molecule has 4 rings (SSSR count). The van der Waals surface area contributed by atoms with Gasteiger partial charge in [-0.1, -0.05) is 53.7 Å². The van der Waals surface area contributed by atoms with Crippen LogP contribution in [0.4, 0.5) is 13.2 Å². The Bertz CT molecular complexity index is 1310. The lowest BCUT2D eigenvalue weighted by Crippen LogP contribution is -2.17. The van der Waals surface area contributed by atoms with Crippen LogP contribution in [0.1, 0.15) is 23.1 Å². The average Bonchev–Trinajstić information content (AvgIpc) is 3.31. The lowest BCUT2D eigenvalue weighted by molar-refractivity contribution is -0.138. The Hall–Kier alpha value is -3.98. The summed E-state index contributed by atoms with van der Waals surface area (Å²) in [4.78, 5) is 15.1. The van der Waals surface area contributed by atoms with Crippen molar-refractivity contribution in [2.75, 3.05) is 6.54 Å². The number of nitrogens with zero attached hydrogens (tertiary/aromatic N) is 2. The van der Waals surface area contributed by atoms with Crippen LogP contribution >= 0.6 is 0 Å². The lowest BCUT2D eigenvalue weighted by Gasteiger charge is -2.09. The first-order valence-corrected chi connectivity index (χ1v) is 10.8. The van der Waals surface area contributed by atoms with Crippen molar-refractivity contribution in [1.29, 1.82) is 0 Å². The first-order chi connectivity index (χ1) is 16.7. The monoisotopic (exact) mass is 481 g/mol. The van der Waals surface area contributed by atoms with E-state index in [0.29, 0.717) is 30.4 Å². The molecule has 0 aliphatic carbocycles. The van der Waals surface area contributed by atoms with E-state index in [0.717, 1.165) is 39.9 Å². The maximum atomic E-state index is 12.8. The molecule has 2 N–H and O–H groups in total. The molecule has 1 heterocycles. The Labute approximate surface area is 199 Å². The molecule has 0 fully saturated rings. The van der Waals surface area contributed by atoms with Gasteiger partial charge in [-0.15, -0.1) is 0 Å². The van der Waals surface area contributed by atoms with E-state index in [2.05, 4.69) is 15.5 Å². The predicted molar refractivity (Wildman–Crippen MR) is 124 cm³/mol. The minimum absolute atomic E-state index is 0.0639. The number of halogens is 3. The molecule has 0 atom stereocenters. The molecule has 0 unspecified atom stereocenters. The molecule has 0 saturated heterocycles. The van der Waals surface area contributed by atoms with Gasteiger partial charge in [-0.05, 0) is 47.4 Å². The van der Waals surface area contributed by atoms with Crippen molar-refractivity contribution < 1.29 is 27.6 Å². The van der Waals surface area contributed by atoms with Crippen molar-refractivity contribution in [2.45, 2.75) is 26.1 Å². The highest BCUT2D eigenvalue weighted by Gasteiger charge is 2.30. The van der Waals surface area contributed by atoms with Crippen molar-refractivity contribution in [1.82, 2.24) is 15.5 Å². The number of nitrogens with one attached hydrogen (secondary N) is 1. The number of hydrogen-bond acceptors (Lipinski definition) is 5. The van der Waals surface area contributed by atoms with Gasteiger partial charge in [0.1, 0.15) is 0 Å². The summed E-state index contributed by atoms with van der Waals surface area (Å²) >= 11 is 0. The maximum absolute atomic E-state index is 12.8. The number of aryl methyl sites for hydroxylation is 1. The highest BCUT2D eigenvalue weighted by molar-refractivity contribution is 5.71. The van der Waals surface area contributed by atoms with Gasteiger partial charge in [-0.25, -0.2) is 0 Å². The van der Waals surface area contributed by atoms with Crippen LogP contribution in [-0.2, 0) is 17.5 Å². The standard InChI is InChI=1S/C26H22F3N3O3/c1-16-14-20(18-6-9-21(10-7-18)26(27,28)29)8-11-22(16)25-31-24(32-35-25)19-4-2-17(3-5-19)15-30-13-12-23(33)34/h2-11,14,30H,12-13,15H2,1H3,(H,33,34). The van der Waals surface area contributed by atoms with E-state index in [-0.39, 0.29) is 6.42 Å². The molecule has 0 amide bonds. The number of hydrogen-bond donors (Lipinski definition) is 2. The molecule has 35 heavy (non-hydrogen) atoms. The number of aliphatic carboxylic acids is 1. The van der Waals surface area contributed by atoms with Crippen LogP contribution in [0.25, 0.3) is 34.0 Å². The summed E-state index contributed by atoms with van der Waals surface area (Å²) in [5.41, 5.74) is 4.13. The van der Waals surface area contributed by atoms with Crippen molar-refractivity contribution in [3.05, 3.63) is 83.4 Å². The first kappa shape index (κ1) is 24.2. The third kappa shape index (κ3) is 5.93. The van der Waals surface area contributed by atoms with Gasteiger partial charge in [-0.2, -0.15) is 18.2 Å². The molecule has 1 aromatic heterocycles. The zero-order valence-corrected chi connectivity index (χ0v) is 18.8. The normalized spacial score (nSPS) is 11.5. The van der Waals surface area contributed by atoms with Gasteiger partial charge < -0.3 is 14.9 Å². The Morgan fingerprint density at radius 3 is 2.26 bits per heavy atom. The highest BCUT2D eigenvalue weighted by Crippen LogP contribution is 2.33. The second-order valence-electron chi connectivity index (χ2n) is 8.05. The van der Waals surface area contributed by atoms with Gasteiger partial charge >= 0.3 is 12.1 Å². The summed E-state index contributed by atoms with van der Waals surface area (Å²) in [6.45, 7) is 2.82. The lowest BCUT2D eigenvalue weighted by atomic mass is 9.99. The predicted octanol–water partition coefficient (Wildman–Crippen LogP) is 5.96. The zero-order valence-electron chi connectivity index (χ0n) is 18.8. The van der Waals surface area contributed by atoms with Gasteiger partial charge in [0, 0.05) is 24.2 Å². The van der Waals surface area contributed by atoms with Crippen LogP contribution < -0.4 is 5.32 Å². The molecule has 0 saturated carbocycles. The quantitative estimate of drug-likeness (QED) is 0.302. The third-order valence-electron chi connectivity index (χ3n) is 5.49. The Balaban J connectivity index is 1.46. The average molecular weight is 481 g/mol. The Morgan fingerprint density at radius 1 is 0.971 bits per heavy atom. The smallest absolute Gasteiger partial charge is 0.416 e. The molecule has 6 nitrogen and oxygen atoms in total. The molecule has 0 spiro atoms. The molecule has 0 aliphatic rings. The highest BCUT2D eigenvalue weighted by atomic mass is 19.4. The fourth-order valence-electron chi connectivity index (χ4n) is 3.58. The molecule has 4 aromatic rings. The number of aromatic nitrogens is 2. The van der Waals surface area contributed by atoms with E-state index in [1.807, 2.05) is 43.3 Å². The fraction of sp³-hybridized carbons (Fsp3) is 0.192. The van der Waals surface area contributed by atoms with Gasteiger partial charge in [-0.3, -0.25) is 4.79 Å². The molecule has 0 bridgehead atoms. The van der Waals surface area contributed by atoms with Crippen LogP contribution in [0.2, 0.25) is 0 Å². The summed E-state index contributed by atoms with van der Waals surface area (Å²) in [6.07, 6.45) is -4.30. The van der Waals surface area contributed by atoms with E-state index < -0.39 is 17.7 Å². The second kappa shape index (κ2) is 10.1. The number of benzene rings is 3. The SMILES string of the molecule is Cc1cc(-c2ccc(C(F)(F)F)cc2)ccc1-c1nc(-c2ccc(CNCCC(=O)O)cc2)no1. The van der Waals surface area contributed by atoms with Gasteiger partial charge in [0.25, 0.3) is 5.89 Å². The fourth-order valence-corrected chi connectivity index (χ4v) is 3.58. The number of carboxylic acids is 1. The summed E-state index contributed by atoms with van der Waals surface area (Å²) in [5.74, 6) is -0.0716. The third-order valence-corrected chi connectivity index (χ3v) is 5.49. The largest absolute Gasteiger partial charge is 0.481 e. The van der Waals surface area contributed by atoms with Crippen LogP contribution in [0.15, 0.2) is 71.3 Å². The summed E-state index contributed by atoms with van der Waals surface area (Å²) < 4.78 is 43.9. The number of rotatable bonds is 8. The molecular weight excluding hydrogens is 459 g/mol. The van der Waals surface area contributed by atoms with E-state index in [1.54, 1.807) is 6.07 Å². The topological polar surface area (TPSA) is 88.2 Å².